The third kappa shape index (κ3) is 9.33. The lowest BCUT2D eigenvalue weighted by Crippen LogP contribution is -2.60. The van der Waals surface area contributed by atoms with E-state index >= 15 is 0 Å². The number of benzene rings is 2. The first-order valence-electron chi connectivity index (χ1n) is 23.1. The summed E-state index contributed by atoms with van der Waals surface area (Å²) in [4.78, 5) is 74.9. The maximum atomic E-state index is 14.5. The lowest BCUT2D eigenvalue weighted by Gasteiger charge is -2.42. The number of carbonyl (C=O) groups excluding carboxylic acids is 5. The molecule has 0 radical (unpaired) electrons. The summed E-state index contributed by atoms with van der Waals surface area (Å²) in [5.74, 6) is -1.93. The summed E-state index contributed by atoms with van der Waals surface area (Å²) in [6.45, 7) is 19.2. The van der Waals surface area contributed by atoms with Gasteiger partial charge < -0.3 is 29.2 Å². The molecule has 14 heteroatoms. The van der Waals surface area contributed by atoms with Gasteiger partial charge in [-0.15, -0.1) is 0 Å². The summed E-state index contributed by atoms with van der Waals surface area (Å²) in [5.41, 5.74) is 10.6. The smallest absolute Gasteiger partial charge is 0.293 e. The van der Waals surface area contributed by atoms with Crippen LogP contribution in [0.5, 0.6) is 0 Å². The number of carbonyl (C=O) groups is 5. The number of fused-ring (bicyclic) bond motifs is 5. The predicted octanol–water partition coefficient (Wildman–Crippen LogP) is 6.44. The zero-order valence-corrected chi connectivity index (χ0v) is 39.0. The zero-order valence-electron chi connectivity index (χ0n) is 39.0. The van der Waals surface area contributed by atoms with Crippen molar-refractivity contribution in [3.63, 3.8) is 0 Å². The molecule has 2 aromatic heterocycles. The van der Waals surface area contributed by atoms with Gasteiger partial charge in [0.2, 0.25) is 17.7 Å². The maximum Gasteiger partial charge on any atom is 0.293 e. The molecule has 65 heavy (non-hydrogen) atoms. The number of nitrogens with zero attached hydrogens (tertiary/aromatic N) is 5. The van der Waals surface area contributed by atoms with Gasteiger partial charge in [-0.2, -0.15) is 0 Å². The Bertz CT molecular complexity index is 2420. The number of ether oxygens (including phenoxy) is 2. The van der Waals surface area contributed by atoms with Crippen molar-refractivity contribution < 1.29 is 33.4 Å². The van der Waals surface area contributed by atoms with Gasteiger partial charge in [0.05, 0.1) is 23.9 Å². The van der Waals surface area contributed by atoms with Gasteiger partial charge >= 0.3 is 0 Å². The number of amides is 4. The number of rotatable bonds is 17. The van der Waals surface area contributed by atoms with Crippen molar-refractivity contribution in [2.75, 3.05) is 46.4 Å². The fourth-order valence-electron chi connectivity index (χ4n) is 10.5. The van der Waals surface area contributed by atoms with E-state index in [0.717, 1.165) is 69.5 Å². The number of hydrogen-bond donors (Lipinski definition) is 2. The number of hydrazine groups is 1. The van der Waals surface area contributed by atoms with E-state index in [-0.39, 0.29) is 49.1 Å². The molecule has 4 amide bonds. The Balaban J connectivity index is 1.23. The summed E-state index contributed by atoms with van der Waals surface area (Å²) in [5, 5.41) is 5.80. The molecule has 4 heterocycles. The molecule has 2 fully saturated rings. The fraction of sp³-hybridized carbons (Fsp3) is 0.490. The predicted molar refractivity (Wildman–Crippen MR) is 250 cm³/mol. The molecule has 2 aromatic carbocycles. The quantitative estimate of drug-likeness (QED) is 0.0901. The minimum atomic E-state index is -0.921. The highest BCUT2D eigenvalue weighted by Crippen LogP contribution is 2.57. The van der Waals surface area contributed by atoms with Gasteiger partial charge in [-0.1, -0.05) is 64.6 Å². The molecule has 0 bridgehead atoms. The van der Waals surface area contributed by atoms with E-state index in [9.17, 15) is 24.0 Å². The Morgan fingerprint density at radius 2 is 1.83 bits per heavy atom. The molecule has 3 aliphatic rings. The Morgan fingerprint density at radius 3 is 2.51 bits per heavy atom. The van der Waals surface area contributed by atoms with Crippen molar-refractivity contribution >= 4 is 41.0 Å². The monoisotopic (exact) mass is 887 g/mol. The van der Waals surface area contributed by atoms with E-state index < -0.39 is 35.4 Å². The first kappa shape index (κ1) is 47.1. The molecular weight excluding hydrogens is 823 g/mol. The number of nitrogens with one attached hydrogen (secondary N) is 2. The summed E-state index contributed by atoms with van der Waals surface area (Å²) < 4.78 is 14.1. The van der Waals surface area contributed by atoms with E-state index in [4.69, 9.17) is 14.5 Å². The molecule has 4 aromatic rings. The summed E-state index contributed by atoms with van der Waals surface area (Å²) >= 11 is 0. The van der Waals surface area contributed by atoms with E-state index in [1.54, 1.807) is 28.1 Å². The molecule has 5 atom stereocenters. The minimum Gasteiger partial charge on any atom is -0.467 e. The third-order valence-corrected chi connectivity index (χ3v) is 13.6. The average molecular weight is 888 g/mol. The molecule has 0 spiro atoms. The molecule has 2 aliphatic heterocycles. The van der Waals surface area contributed by atoms with Crippen LogP contribution in [0.25, 0.3) is 33.3 Å². The number of pyridine rings is 1. The molecule has 346 valence electrons. The van der Waals surface area contributed by atoms with Crippen LogP contribution < -0.4 is 10.7 Å². The average Bonchev–Trinajstić information content (AvgIpc) is 3.95. The molecule has 1 unspecified atom stereocenters. The van der Waals surface area contributed by atoms with E-state index in [1.807, 2.05) is 39.0 Å². The van der Waals surface area contributed by atoms with Crippen molar-refractivity contribution in [3.05, 3.63) is 90.3 Å². The SMILES string of the molecule is C=CC(=O)N1CC[C@H](C(=O)N(CC)[C@H](C(=O)N[C@@H](Cc2cccc(-c3ccc4c(c3)c3c(n4CC)-c4cccnc4[C@@H](OC)C3C(C)(C)COC=O)c2)C(=O)N2CCCCN2)C(C)C)C1. The van der Waals surface area contributed by atoms with Gasteiger partial charge in [0.15, 0.2) is 0 Å². The molecule has 2 N–H and O–H groups in total. The van der Waals surface area contributed by atoms with Crippen LogP contribution in [0, 0.1) is 17.3 Å². The van der Waals surface area contributed by atoms with Gasteiger partial charge in [0, 0.05) is 86.8 Å². The number of likely N-dealkylation sites (tertiary alicyclic amines) is 1. The molecule has 2 saturated heterocycles. The normalized spacial score (nSPS) is 19.3. The standard InChI is InChI=1S/C51H65N7O7/c1-9-41(60)55-25-21-36(29-55)49(62)57(11-3)45(32(4)5)48(61)54-39(50(63)58-24-13-12-23-53-58)27-33-16-14-17-34(26-33)35-19-20-40-38(28-35)42-43(51(6,7)30-65-31-59)47(64-8)44-37(18-15-22-52-44)46(42)56(40)10-2/h9,14-20,22,26,28,31-32,36,39,43,45,47,53H,1,10-13,21,23-25,27,29-30H2,2-8H3,(H,54,61)/t36-,39-,43?,45-,47-/m0/s1. The van der Waals surface area contributed by atoms with Crippen LogP contribution in [0.3, 0.4) is 0 Å². The van der Waals surface area contributed by atoms with Gasteiger partial charge in [0.25, 0.3) is 12.4 Å². The topological polar surface area (TPSA) is 155 Å². The van der Waals surface area contributed by atoms with Gasteiger partial charge in [-0.05, 0) is 91.6 Å². The van der Waals surface area contributed by atoms with Crippen molar-refractivity contribution in [2.24, 2.45) is 17.3 Å². The van der Waals surface area contributed by atoms with Gasteiger partial charge in [0.1, 0.15) is 18.2 Å². The van der Waals surface area contributed by atoms with Gasteiger partial charge in [-0.3, -0.25) is 34.0 Å². The van der Waals surface area contributed by atoms with Crippen molar-refractivity contribution in [1.82, 2.24) is 35.1 Å². The zero-order chi connectivity index (χ0) is 46.6. The van der Waals surface area contributed by atoms with Crippen LogP contribution in [0.4, 0.5) is 0 Å². The van der Waals surface area contributed by atoms with Crippen LogP contribution in [0.15, 0.2) is 73.4 Å². The van der Waals surface area contributed by atoms with Crippen LogP contribution in [-0.2, 0) is 46.4 Å². The highest BCUT2D eigenvalue weighted by molar-refractivity contribution is 5.97. The Morgan fingerprint density at radius 1 is 1.05 bits per heavy atom. The summed E-state index contributed by atoms with van der Waals surface area (Å²) in [6.07, 6.45) is 5.17. The number of likely N-dealkylation sites (N-methyl/N-ethyl adjacent to an activating group) is 1. The van der Waals surface area contributed by atoms with Crippen LogP contribution >= 0.6 is 0 Å². The largest absolute Gasteiger partial charge is 0.467 e. The number of methoxy groups -OCH3 is 1. The van der Waals surface area contributed by atoms with Gasteiger partial charge in [-0.25, -0.2) is 5.43 Å². The van der Waals surface area contributed by atoms with Crippen molar-refractivity contribution in [1.29, 1.82) is 0 Å². The van der Waals surface area contributed by atoms with Crippen molar-refractivity contribution in [3.8, 4) is 22.4 Å². The second-order valence-electron chi connectivity index (χ2n) is 18.6. The van der Waals surface area contributed by atoms with Crippen LogP contribution in [0.1, 0.15) is 89.6 Å². The Hall–Kier alpha value is -5.86. The fourth-order valence-corrected chi connectivity index (χ4v) is 10.5. The molecule has 0 saturated carbocycles. The summed E-state index contributed by atoms with van der Waals surface area (Å²) in [7, 11) is 1.70. The number of aryl methyl sites for hydroxylation is 1. The second-order valence-corrected chi connectivity index (χ2v) is 18.6. The minimum absolute atomic E-state index is 0.177. The van der Waals surface area contributed by atoms with Crippen LogP contribution in [0.2, 0.25) is 0 Å². The lowest BCUT2D eigenvalue weighted by molar-refractivity contribution is -0.147. The molecule has 7 rings (SSSR count). The highest BCUT2D eigenvalue weighted by Gasteiger charge is 2.47. The lowest BCUT2D eigenvalue weighted by atomic mass is 9.67. The maximum absolute atomic E-state index is 14.5. The first-order chi connectivity index (χ1) is 31.3. The Kier molecular flexibility index (Phi) is 14.6. The number of hydrogen-bond acceptors (Lipinski definition) is 9. The van der Waals surface area contributed by atoms with E-state index in [2.05, 4.69) is 79.1 Å². The highest BCUT2D eigenvalue weighted by atomic mass is 16.5. The molecule has 1 aliphatic carbocycles. The molecule has 14 nitrogen and oxygen atoms in total. The van der Waals surface area contributed by atoms with E-state index in [1.165, 1.54) is 6.08 Å². The third-order valence-electron chi connectivity index (χ3n) is 13.6. The second kappa shape index (κ2) is 20.1. The van der Waals surface area contributed by atoms with E-state index in [0.29, 0.717) is 39.1 Å². The molecular formula is C51H65N7O7. The summed E-state index contributed by atoms with van der Waals surface area (Å²) in [6, 6.07) is 16.9. The number of aromatic nitrogens is 2. The van der Waals surface area contributed by atoms with Crippen molar-refractivity contribution in [2.45, 2.75) is 97.9 Å². The van der Waals surface area contributed by atoms with Crippen LogP contribution in [-0.4, -0.2) is 113 Å². The Labute approximate surface area is 382 Å². The first-order valence-corrected chi connectivity index (χ1v) is 23.1.